The van der Waals surface area contributed by atoms with E-state index in [4.69, 9.17) is 15.2 Å². The first kappa shape index (κ1) is 27.6. The minimum atomic E-state index is -0.735. The Morgan fingerprint density at radius 1 is 1.18 bits per heavy atom. The highest BCUT2D eigenvalue weighted by Crippen LogP contribution is 2.20. The summed E-state index contributed by atoms with van der Waals surface area (Å²) in [4.78, 5) is 27.9. The van der Waals surface area contributed by atoms with Crippen molar-refractivity contribution in [2.45, 2.75) is 45.6 Å². The molecule has 9 nitrogen and oxygen atoms in total. The Bertz CT molecular complexity index is 875. The molecule has 2 aromatic rings. The number of thiazole rings is 1. The molecule has 1 aromatic heterocycles. The molecule has 10 heteroatoms. The average molecular weight is 493 g/mol. The maximum Gasteiger partial charge on any atom is 0.273 e. The van der Waals surface area contributed by atoms with Gasteiger partial charge < -0.3 is 30.9 Å². The van der Waals surface area contributed by atoms with E-state index in [1.165, 1.54) is 19.0 Å². The molecule has 1 aromatic carbocycles. The van der Waals surface area contributed by atoms with E-state index in [-0.39, 0.29) is 12.5 Å². The Hall–Kier alpha value is -2.69. The number of nitrogens with two attached hydrogens (primary N) is 1. The molecule has 0 aliphatic carbocycles. The number of benzene rings is 1. The molecule has 0 fully saturated rings. The molecule has 34 heavy (non-hydrogen) atoms. The number of carbonyl (C=O) groups is 2. The lowest BCUT2D eigenvalue weighted by Crippen LogP contribution is -2.33. The molecule has 0 saturated carbocycles. The second-order valence-corrected chi connectivity index (χ2v) is 9.15. The summed E-state index contributed by atoms with van der Waals surface area (Å²) in [5.41, 5.74) is 5.63. The smallest absolute Gasteiger partial charge is 0.273 e. The first-order valence-corrected chi connectivity index (χ1v) is 12.5. The summed E-state index contributed by atoms with van der Waals surface area (Å²) < 4.78 is 11.1. The Kier molecular flexibility index (Phi) is 12.4. The molecule has 0 aliphatic heterocycles. The highest BCUT2D eigenvalue weighted by atomic mass is 32.1. The van der Waals surface area contributed by atoms with Gasteiger partial charge in [0.2, 0.25) is 5.91 Å². The number of carbonyl (C=O) groups excluding carboxylic acids is 2. The van der Waals surface area contributed by atoms with E-state index >= 15 is 0 Å². The van der Waals surface area contributed by atoms with Gasteiger partial charge in [-0.2, -0.15) is 0 Å². The molecular weight excluding hydrogens is 456 g/mol. The first-order chi connectivity index (χ1) is 16.4. The van der Waals surface area contributed by atoms with Crippen LogP contribution in [0.2, 0.25) is 0 Å². The summed E-state index contributed by atoms with van der Waals surface area (Å²) in [6.07, 6.45) is 5.19. The SMILES string of the molecule is CCC(C)CCCCNC(=O)c1cnc(OCC(O)CNCCOc2ccc(C(N)=O)cc2)s1. The van der Waals surface area contributed by atoms with Crippen molar-refractivity contribution in [2.75, 3.05) is 32.8 Å². The van der Waals surface area contributed by atoms with E-state index in [0.29, 0.717) is 47.6 Å². The third kappa shape index (κ3) is 10.5. The second kappa shape index (κ2) is 15.3. The fraction of sp³-hybridized carbons (Fsp3) is 0.542. The normalized spacial score (nSPS) is 12.7. The van der Waals surface area contributed by atoms with Gasteiger partial charge in [-0.15, -0.1) is 0 Å². The van der Waals surface area contributed by atoms with E-state index < -0.39 is 12.0 Å². The quantitative estimate of drug-likeness (QED) is 0.249. The number of aliphatic hydroxyl groups excluding tert-OH is 1. The van der Waals surface area contributed by atoms with E-state index in [9.17, 15) is 14.7 Å². The van der Waals surface area contributed by atoms with Crippen molar-refractivity contribution in [3.05, 3.63) is 40.9 Å². The number of amides is 2. The average Bonchev–Trinajstić information content (AvgIpc) is 3.31. The van der Waals surface area contributed by atoms with Crippen LogP contribution in [0.3, 0.4) is 0 Å². The van der Waals surface area contributed by atoms with Crippen molar-refractivity contribution in [3.63, 3.8) is 0 Å². The topological polar surface area (TPSA) is 136 Å². The lowest BCUT2D eigenvalue weighted by Gasteiger charge is -2.12. The Balaban J connectivity index is 1.55. The summed E-state index contributed by atoms with van der Waals surface area (Å²) in [7, 11) is 0. The largest absolute Gasteiger partial charge is 0.492 e. The number of primary amides is 1. The van der Waals surface area contributed by atoms with Gasteiger partial charge in [0.25, 0.3) is 11.1 Å². The molecule has 188 valence electrons. The van der Waals surface area contributed by atoms with Crippen LogP contribution in [0.1, 0.15) is 59.6 Å². The van der Waals surface area contributed by atoms with Gasteiger partial charge in [0.1, 0.15) is 29.9 Å². The maximum absolute atomic E-state index is 12.2. The zero-order valence-corrected chi connectivity index (χ0v) is 20.7. The van der Waals surface area contributed by atoms with Crippen LogP contribution >= 0.6 is 11.3 Å². The number of ether oxygens (including phenoxy) is 2. The Morgan fingerprint density at radius 2 is 1.94 bits per heavy atom. The number of rotatable bonds is 17. The molecule has 2 amide bonds. The summed E-state index contributed by atoms with van der Waals surface area (Å²) >= 11 is 1.16. The van der Waals surface area contributed by atoms with Gasteiger partial charge in [0.15, 0.2) is 0 Å². The minimum Gasteiger partial charge on any atom is -0.492 e. The number of aliphatic hydroxyl groups is 1. The van der Waals surface area contributed by atoms with E-state index in [2.05, 4.69) is 29.5 Å². The van der Waals surface area contributed by atoms with Crippen LogP contribution in [0.15, 0.2) is 30.5 Å². The monoisotopic (exact) mass is 492 g/mol. The molecule has 2 atom stereocenters. The standard InChI is InChI=1S/C24H36N4O5S/c1-3-17(2)6-4-5-11-27-23(31)21-15-28-24(34-21)33-16-19(29)14-26-12-13-32-20-9-7-18(8-10-20)22(25)30/h7-10,15,17,19,26,29H,3-6,11-14,16H2,1-2H3,(H2,25,30)(H,27,31). The van der Waals surface area contributed by atoms with Gasteiger partial charge in [-0.05, 0) is 36.6 Å². The van der Waals surface area contributed by atoms with Crippen LogP contribution in [0.4, 0.5) is 0 Å². The molecule has 0 aliphatic rings. The molecule has 2 unspecified atom stereocenters. The van der Waals surface area contributed by atoms with E-state index in [0.717, 1.165) is 30.1 Å². The van der Waals surface area contributed by atoms with Gasteiger partial charge in [0.05, 0.1) is 6.20 Å². The molecule has 0 spiro atoms. The number of nitrogens with zero attached hydrogens (tertiary/aromatic N) is 1. The van der Waals surface area contributed by atoms with Crippen LogP contribution < -0.4 is 25.8 Å². The highest BCUT2D eigenvalue weighted by Gasteiger charge is 2.12. The van der Waals surface area contributed by atoms with Crippen molar-refractivity contribution < 1.29 is 24.2 Å². The highest BCUT2D eigenvalue weighted by molar-refractivity contribution is 7.15. The zero-order chi connectivity index (χ0) is 24.8. The molecule has 5 N–H and O–H groups in total. The van der Waals surface area contributed by atoms with Crippen molar-refractivity contribution in [1.29, 1.82) is 0 Å². The predicted molar refractivity (Wildman–Crippen MR) is 133 cm³/mol. The molecule has 0 saturated heterocycles. The predicted octanol–water partition coefficient (Wildman–Crippen LogP) is 2.60. The fourth-order valence-corrected chi connectivity index (χ4v) is 3.68. The lowest BCUT2D eigenvalue weighted by atomic mass is 10.0. The van der Waals surface area contributed by atoms with E-state index in [1.807, 2.05) is 0 Å². The van der Waals surface area contributed by atoms with Gasteiger partial charge in [0, 0.05) is 25.2 Å². The van der Waals surface area contributed by atoms with Crippen LogP contribution in [0.5, 0.6) is 10.9 Å². The van der Waals surface area contributed by atoms with Crippen LogP contribution in [0.25, 0.3) is 0 Å². The van der Waals surface area contributed by atoms with Crippen LogP contribution in [0, 0.1) is 5.92 Å². The fourth-order valence-electron chi connectivity index (χ4n) is 2.99. The van der Waals surface area contributed by atoms with Crippen LogP contribution in [-0.2, 0) is 0 Å². The summed E-state index contributed by atoms with van der Waals surface area (Å²) in [5.74, 6) is 0.724. The van der Waals surface area contributed by atoms with Crippen LogP contribution in [-0.4, -0.2) is 60.9 Å². The molecule has 2 rings (SSSR count). The Labute approximate surface area is 205 Å². The second-order valence-electron chi connectivity index (χ2n) is 8.16. The van der Waals surface area contributed by atoms with Crippen molar-refractivity contribution in [3.8, 4) is 10.9 Å². The van der Waals surface area contributed by atoms with Gasteiger partial charge >= 0.3 is 0 Å². The molecule has 0 bridgehead atoms. The maximum atomic E-state index is 12.2. The zero-order valence-electron chi connectivity index (χ0n) is 19.9. The third-order valence-corrected chi connectivity index (χ3v) is 6.19. The van der Waals surface area contributed by atoms with Gasteiger partial charge in [-0.25, -0.2) is 4.98 Å². The number of hydrogen-bond donors (Lipinski definition) is 4. The molecular formula is C24H36N4O5S. The number of nitrogens with one attached hydrogen (secondary N) is 2. The number of aromatic nitrogens is 1. The minimum absolute atomic E-state index is 0.0621. The summed E-state index contributed by atoms with van der Waals surface area (Å²) in [6, 6.07) is 6.57. The third-order valence-electron chi connectivity index (χ3n) is 5.28. The van der Waals surface area contributed by atoms with Crippen molar-refractivity contribution >= 4 is 23.2 Å². The number of hydrogen-bond acceptors (Lipinski definition) is 8. The summed E-state index contributed by atoms with van der Waals surface area (Å²) in [6.45, 7) is 6.38. The molecule has 0 radical (unpaired) electrons. The Morgan fingerprint density at radius 3 is 2.65 bits per heavy atom. The molecule has 1 heterocycles. The van der Waals surface area contributed by atoms with E-state index in [1.54, 1.807) is 24.3 Å². The van der Waals surface area contributed by atoms with Gasteiger partial charge in [-0.1, -0.05) is 44.4 Å². The van der Waals surface area contributed by atoms with Crippen molar-refractivity contribution in [2.24, 2.45) is 11.7 Å². The lowest BCUT2D eigenvalue weighted by molar-refractivity contribution is 0.0955. The number of unbranched alkanes of at least 4 members (excludes halogenated alkanes) is 1. The van der Waals surface area contributed by atoms with Crippen molar-refractivity contribution in [1.82, 2.24) is 15.6 Å². The van der Waals surface area contributed by atoms with Gasteiger partial charge in [-0.3, -0.25) is 9.59 Å². The first-order valence-electron chi connectivity index (χ1n) is 11.7. The summed E-state index contributed by atoms with van der Waals surface area (Å²) in [5, 5.41) is 16.4.